The number of anilines is 1. The van der Waals surface area contributed by atoms with Crippen LogP contribution in [0, 0.1) is 5.92 Å². The highest BCUT2D eigenvalue weighted by Crippen LogP contribution is 2.17. The molecule has 0 aromatic heterocycles. The summed E-state index contributed by atoms with van der Waals surface area (Å²) < 4.78 is 0. The van der Waals surface area contributed by atoms with Gasteiger partial charge in [0.05, 0.1) is 5.92 Å². The minimum atomic E-state index is 0.0471. The molecule has 3 nitrogen and oxygen atoms in total. The molecule has 0 fully saturated rings. The Balaban J connectivity index is 2.78. The van der Waals surface area contributed by atoms with Gasteiger partial charge in [0.1, 0.15) is 0 Å². The van der Waals surface area contributed by atoms with Crippen molar-refractivity contribution in [3.05, 3.63) is 29.8 Å². The van der Waals surface area contributed by atoms with Crippen molar-refractivity contribution in [1.82, 2.24) is 5.32 Å². The lowest BCUT2D eigenvalue weighted by molar-refractivity contribution is -0.122. The van der Waals surface area contributed by atoms with Crippen LogP contribution in [0.25, 0.3) is 0 Å². The van der Waals surface area contributed by atoms with E-state index in [1.54, 1.807) is 4.90 Å². The van der Waals surface area contributed by atoms with E-state index in [1.807, 2.05) is 33.2 Å². The van der Waals surface area contributed by atoms with Crippen molar-refractivity contribution in [3.63, 3.8) is 0 Å². The van der Waals surface area contributed by atoms with Gasteiger partial charge in [-0.05, 0) is 37.6 Å². The summed E-state index contributed by atoms with van der Waals surface area (Å²) in [5.41, 5.74) is 2.26. The van der Waals surface area contributed by atoms with E-state index in [0.29, 0.717) is 0 Å². The minimum Gasteiger partial charge on any atom is -0.319 e. The van der Waals surface area contributed by atoms with Gasteiger partial charge in [0, 0.05) is 19.3 Å². The third-order valence-corrected chi connectivity index (χ3v) is 3.36. The smallest absolute Gasteiger partial charge is 0.231 e. The van der Waals surface area contributed by atoms with E-state index in [1.165, 1.54) is 5.56 Å². The first kappa shape index (κ1) is 14.7. The van der Waals surface area contributed by atoms with Gasteiger partial charge in [-0.2, -0.15) is 0 Å². The number of benzene rings is 1. The quantitative estimate of drug-likeness (QED) is 0.838. The van der Waals surface area contributed by atoms with Crippen molar-refractivity contribution in [2.45, 2.75) is 26.7 Å². The lowest BCUT2D eigenvalue weighted by Crippen LogP contribution is -2.37. The molecule has 1 N–H and O–H groups in total. The molecule has 1 amide bonds. The third-order valence-electron chi connectivity index (χ3n) is 3.36. The van der Waals surface area contributed by atoms with Crippen LogP contribution < -0.4 is 10.2 Å². The predicted molar refractivity (Wildman–Crippen MR) is 76.9 cm³/mol. The zero-order valence-electron chi connectivity index (χ0n) is 11.9. The van der Waals surface area contributed by atoms with E-state index in [9.17, 15) is 4.79 Å². The van der Waals surface area contributed by atoms with E-state index in [-0.39, 0.29) is 11.8 Å². The summed E-state index contributed by atoms with van der Waals surface area (Å²) in [6.45, 7) is 4.91. The van der Waals surface area contributed by atoms with Crippen molar-refractivity contribution in [1.29, 1.82) is 0 Å². The molecular weight excluding hydrogens is 224 g/mol. The number of hydrogen-bond donors (Lipinski definition) is 1. The summed E-state index contributed by atoms with van der Waals surface area (Å²) >= 11 is 0. The summed E-state index contributed by atoms with van der Waals surface area (Å²) in [7, 11) is 3.73. The summed E-state index contributed by atoms with van der Waals surface area (Å²) in [6, 6.07) is 8.20. The van der Waals surface area contributed by atoms with E-state index in [2.05, 4.69) is 24.4 Å². The summed E-state index contributed by atoms with van der Waals surface area (Å²) in [4.78, 5) is 14.1. The van der Waals surface area contributed by atoms with Crippen LogP contribution in [0.1, 0.15) is 25.8 Å². The molecule has 0 radical (unpaired) electrons. The van der Waals surface area contributed by atoms with Crippen LogP contribution in [0.4, 0.5) is 5.69 Å². The summed E-state index contributed by atoms with van der Waals surface area (Å²) in [5.74, 6) is 0.224. The Kier molecular flexibility index (Phi) is 5.86. The topological polar surface area (TPSA) is 32.3 Å². The molecule has 0 bridgehead atoms. The van der Waals surface area contributed by atoms with Crippen molar-refractivity contribution in [3.8, 4) is 0 Å². The fraction of sp³-hybridized carbons (Fsp3) is 0.533. The normalized spacial score (nSPS) is 12.2. The van der Waals surface area contributed by atoms with Gasteiger partial charge in [0.25, 0.3) is 0 Å². The number of amides is 1. The van der Waals surface area contributed by atoms with Gasteiger partial charge in [-0.3, -0.25) is 4.79 Å². The second kappa shape index (κ2) is 7.17. The average Bonchev–Trinajstić information content (AvgIpc) is 2.43. The largest absolute Gasteiger partial charge is 0.319 e. The van der Waals surface area contributed by atoms with Crippen molar-refractivity contribution < 1.29 is 4.79 Å². The molecule has 0 spiro atoms. The average molecular weight is 248 g/mol. The monoisotopic (exact) mass is 248 g/mol. The molecule has 1 aromatic rings. The molecule has 0 aliphatic carbocycles. The molecule has 3 heteroatoms. The van der Waals surface area contributed by atoms with Crippen LogP contribution in [0.15, 0.2) is 24.3 Å². The Hall–Kier alpha value is -1.35. The highest BCUT2D eigenvalue weighted by Gasteiger charge is 2.20. The van der Waals surface area contributed by atoms with Crippen molar-refractivity contribution in [2.24, 2.45) is 5.92 Å². The van der Waals surface area contributed by atoms with E-state index < -0.39 is 0 Å². The Morgan fingerprint density at radius 1 is 1.28 bits per heavy atom. The van der Waals surface area contributed by atoms with Crippen molar-refractivity contribution >= 4 is 11.6 Å². The molecule has 0 saturated heterocycles. The molecule has 1 aromatic carbocycles. The van der Waals surface area contributed by atoms with Crippen LogP contribution in [-0.2, 0) is 11.2 Å². The zero-order valence-corrected chi connectivity index (χ0v) is 11.9. The second-order valence-corrected chi connectivity index (χ2v) is 4.58. The number of rotatable bonds is 6. The Labute approximate surface area is 110 Å². The lowest BCUT2D eigenvalue weighted by atomic mass is 10.0. The fourth-order valence-corrected chi connectivity index (χ4v) is 2.01. The third kappa shape index (κ3) is 3.57. The Morgan fingerprint density at radius 3 is 2.33 bits per heavy atom. The van der Waals surface area contributed by atoms with Crippen LogP contribution >= 0.6 is 0 Å². The van der Waals surface area contributed by atoms with E-state index >= 15 is 0 Å². The maximum Gasteiger partial charge on any atom is 0.231 e. The Bertz CT molecular complexity index is 373. The second-order valence-electron chi connectivity index (χ2n) is 4.58. The molecule has 0 saturated carbocycles. The molecule has 0 aliphatic rings. The van der Waals surface area contributed by atoms with Gasteiger partial charge < -0.3 is 10.2 Å². The van der Waals surface area contributed by atoms with Gasteiger partial charge in [0.15, 0.2) is 0 Å². The molecule has 0 heterocycles. The first-order valence-corrected chi connectivity index (χ1v) is 6.65. The highest BCUT2D eigenvalue weighted by atomic mass is 16.2. The predicted octanol–water partition coefficient (Wildman–Crippen LogP) is 2.46. The van der Waals surface area contributed by atoms with E-state index in [0.717, 1.165) is 25.1 Å². The first-order valence-electron chi connectivity index (χ1n) is 6.65. The molecule has 1 rings (SSSR count). The molecule has 18 heavy (non-hydrogen) atoms. The maximum absolute atomic E-state index is 12.3. The summed E-state index contributed by atoms with van der Waals surface area (Å²) in [5, 5.41) is 3.08. The number of nitrogens with zero attached hydrogens (tertiary/aromatic N) is 1. The lowest BCUT2D eigenvalue weighted by Gasteiger charge is -2.23. The number of aryl methyl sites for hydroxylation is 1. The maximum atomic E-state index is 12.3. The van der Waals surface area contributed by atoms with Crippen LogP contribution in [0.3, 0.4) is 0 Å². The van der Waals surface area contributed by atoms with Crippen LogP contribution in [0.2, 0.25) is 0 Å². The number of carbonyl (C=O) groups excluding carboxylic acids is 1. The molecule has 100 valence electrons. The number of hydrogen-bond acceptors (Lipinski definition) is 2. The molecule has 0 aliphatic heterocycles. The summed E-state index contributed by atoms with van der Waals surface area (Å²) in [6.07, 6.45) is 1.88. The minimum absolute atomic E-state index is 0.0471. The number of carbonyl (C=O) groups is 1. The van der Waals surface area contributed by atoms with Gasteiger partial charge >= 0.3 is 0 Å². The van der Waals surface area contributed by atoms with Crippen LogP contribution in [0.5, 0.6) is 0 Å². The van der Waals surface area contributed by atoms with Gasteiger partial charge in [-0.15, -0.1) is 0 Å². The SMILES string of the molecule is CCc1ccc(N(C)C(=O)C(CC)CNC)cc1. The zero-order chi connectivity index (χ0) is 13.5. The first-order chi connectivity index (χ1) is 8.63. The van der Waals surface area contributed by atoms with Gasteiger partial charge in [0.2, 0.25) is 5.91 Å². The van der Waals surface area contributed by atoms with Crippen molar-refractivity contribution in [2.75, 3.05) is 25.5 Å². The van der Waals surface area contributed by atoms with Gasteiger partial charge in [-0.1, -0.05) is 26.0 Å². The standard InChI is InChI=1S/C15H24N2O/c1-5-12-7-9-14(10-8-12)17(4)15(18)13(6-2)11-16-3/h7-10,13,16H,5-6,11H2,1-4H3. The molecule has 1 atom stereocenters. The molecule has 1 unspecified atom stereocenters. The Morgan fingerprint density at radius 2 is 1.89 bits per heavy atom. The molecular formula is C15H24N2O. The fourth-order valence-electron chi connectivity index (χ4n) is 2.01. The van der Waals surface area contributed by atoms with E-state index in [4.69, 9.17) is 0 Å². The highest BCUT2D eigenvalue weighted by molar-refractivity contribution is 5.94. The van der Waals surface area contributed by atoms with Gasteiger partial charge in [-0.25, -0.2) is 0 Å². The van der Waals surface area contributed by atoms with Crippen LogP contribution in [-0.4, -0.2) is 26.5 Å². The number of nitrogens with one attached hydrogen (secondary N) is 1.